The molecular weight excluding hydrogens is 176 g/mol. The molecule has 0 N–H and O–H groups in total. The molecule has 1 aromatic carbocycles. The van der Waals surface area contributed by atoms with Gasteiger partial charge in [0.15, 0.2) is 11.6 Å². The number of halogens is 4. The molecule has 1 aromatic rings. The van der Waals surface area contributed by atoms with Crippen LogP contribution in [-0.4, -0.2) is 0 Å². The maximum Gasteiger partial charge on any atom is 0.255 e. The maximum atomic E-state index is 12.5. The fourth-order valence-corrected chi connectivity index (χ4v) is 0.721. The summed E-state index contributed by atoms with van der Waals surface area (Å²) in [6, 6.07) is 0. The second kappa shape index (κ2) is 2.66. The van der Waals surface area contributed by atoms with E-state index in [0.717, 1.165) is 6.92 Å². The molecule has 0 heterocycles. The lowest BCUT2D eigenvalue weighted by Crippen LogP contribution is -1.98. The summed E-state index contributed by atoms with van der Waals surface area (Å²) >= 11 is 0. The molecule has 65 valence electrons. The summed E-state index contributed by atoms with van der Waals surface area (Å²) in [6.45, 7) is 0.844. The average Bonchev–Trinajstić information content (AvgIpc) is 2.08. The van der Waals surface area contributed by atoms with Gasteiger partial charge in [0, 0.05) is 5.56 Å². The van der Waals surface area contributed by atoms with Crippen molar-refractivity contribution in [3.05, 3.63) is 28.8 Å². The van der Waals surface area contributed by atoms with E-state index in [4.69, 9.17) is 0 Å². The van der Waals surface area contributed by atoms with Crippen LogP contribution in [0.3, 0.4) is 0 Å². The van der Waals surface area contributed by atoms with Gasteiger partial charge >= 0.3 is 0 Å². The molecule has 0 unspecified atom stereocenters. The Morgan fingerprint density at radius 2 is 1.17 bits per heavy atom. The quantitative estimate of drug-likeness (QED) is 0.431. The van der Waals surface area contributed by atoms with E-state index in [9.17, 15) is 22.7 Å². The normalized spacial score (nSPS) is 10.4. The monoisotopic (exact) mass is 179 g/mol. The van der Waals surface area contributed by atoms with Gasteiger partial charge in [0.1, 0.15) is 0 Å². The lowest BCUT2D eigenvalue weighted by atomic mass is 10.2. The summed E-state index contributed by atoms with van der Waals surface area (Å²) in [7, 11) is 0. The van der Waals surface area contributed by atoms with Crippen LogP contribution in [0.5, 0.6) is 5.75 Å². The van der Waals surface area contributed by atoms with Crippen molar-refractivity contribution in [2.45, 2.75) is 6.92 Å². The van der Waals surface area contributed by atoms with Gasteiger partial charge in [0.05, 0.1) is 0 Å². The van der Waals surface area contributed by atoms with Gasteiger partial charge in [-0.05, 0) is 6.92 Å². The van der Waals surface area contributed by atoms with Gasteiger partial charge < -0.3 is 0 Å². The molecule has 12 heavy (non-hydrogen) atoms. The van der Waals surface area contributed by atoms with Gasteiger partial charge in [-0.3, -0.25) is 5.11 Å². The molecule has 0 bridgehead atoms. The van der Waals surface area contributed by atoms with E-state index >= 15 is 0 Å². The molecule has 0 aliphatic heterocycles. The van der Waals surface area contributed by atoms with Crippen LogP contribution < -0.4 is 0 Å². The van der Waals surface area contributed by atoms with Crippen LogP contribution in [0.15, 0.2) is 0 Å². The predicted octanol–water partition coefficient (Wildman–Crippen LogP) is 2.70. The van der Waals surface area contributed by atoms with E-state index in [-0.39, 0.29) is 0 Å². The van der Waals surface area contributed by atoms with Crippen molar-refractivity contribution in [2.24, 2.45) is 0 Å². The minimum Gasteiger partial charge on any atom is -0.283 e. The Kier molecular flexibility index (Phi) is 1.95. The zero-order valence-electron chi connectivity index (χ0n) is 5.92. The molecule has 0 aromatic heterocycles. The Bertz CT molecular complexity index is 230. The van der Waals surface area contributed by atoms with Crippen molar-refractivity contribution in [2.75, 3.05) is 0 Å². The molecule has 5 heteroatoms. The number of hydrogen-bond donors (Lipinski definition) is 0. The van der Waals surface area contributed by atoms with Gasteiger partial charge in [0.2, 0.25) is 11.6 Å². The first-order chi connectivity index (χ1) is 5.46. The van der Waals surface area contributed by atoms with Gasteiger partial charge in [-0.2, -0.15) is 8.78 Å². The molecule has 1 nitrogen and oxygen atoms in total. The third-order valence-electron chi connectivity index (χ3n) is 1.44. The third kappa shape index (κ3) is 1.01. The van der Waals surface area contributed by atoms with Crippen LogP contribution in [-0.2, 0) is 5.11 Å². The number of hydrogen-bond acceptors (Lipinski definition) is 0. The molecule has 0 spiro atoms. The summed E-state index contributed by atoms with van der Waals surface area (Å²) in [4.78, 5) is 0. The molecular formula is C7H3F4O. The highest BCUT2D eigenvalue weighted by Gasteiger charge is 2.23. The Morgan fingerprint density at radius 3 is 1.50 bits per heavy atom. The second-order valence-electron chi connectivity index (χ2n) is 2.21. The van der Waals surface area contributed by atoms with Crippen molar-refractivity contribution in [1.29, 1.82) is 0 Å². The SMILES string of the molecule is Cc1c(F)c(F)c([O])c(F)c1F. The van der Waals surface area contributed by atoms with E-state index in [2.05, 4.69) is 0 Å². The predicted molar refractivity (Wildman–Crippen MR) is 31.1 cm³/mol. The average molecular weight is 179 g/mol. The molecule has 1 radical (unpaired) electrons. The van der Waals surface area contributed by atoms with E-state index in [1.807, 2.05) is 0 Å². The Morgan fingerprint density at radius 1 is 0.833 bits per heavy atom. The Hall–Kier alpha value is -1.26. The summed E-state index contributed by atoms with van der Waals surface area (Å²) in [5, 5.41) is 10.3. The first-order valence-corrected chi connectivity index (χ1v) is 2.96. The van der Waals surface area contributed by atoms with Crippen molar-refractivity contribution in [1.82, 2.24) is 0 Å². The highest BCUT2D eigenvalue weighted by molar-refractivity contribution is 5.32. The zero-order chi connectivity index (χ0) is 9.46. The first kappa shape index (κ1) is 8.83. The largest absolute Gasteiger partial charge is 0.283 e. The van der Waals surface area contributed by atoms with E-state index < -0.39 is 34.6 Å². The fourth-order valence-electron chi connectivity index (χ4n) is 0.721. The smallest absolute Gasteiger partial charge is 0.255 e. The second-order valence-corrected chi connectivity index (χ2v) is 2.21. The van der Waals surface area contributed by atoms with Crippen molar-refractivity contribution < 1.29 is 22.7 Å². The van der Waals surface area contributed by atoms with E-state index in [1.165, 1.54) is 0 Å². The van der Waals surface area contributed by atoms with Crippen LogP contribution in [0.4, 0.5) is 17.6 Å². The summed E-state index contributed by atoms with van der Waals surface area (Å²) in [5.41, 5.74) is -0.829. The molecule has 0 aliphatic carbocycles. The van der Waals surface area contributed by atoms with Gasteiger partial charge in [0.25, 0.3) is 5.75 Å². The number of benzene rings is 1. The highest BCUT2D eigenvalue weighted by atomic mass is 19.2. The van der Waals surface area contributed by atoms with Gasteiger partial charge in [-0.25, -0.2) is 8.78 Å². The van der Waals surface area contributed by atoms with Crippen LogP contribution in [0, 0.1) is 30.2 Å². The van der Waals surface area contributed by atoms with Gasteiger partial charge in [-0.1, -0.05) is 0 Å². The standard InChI is InChI=1S/C7H3F4O/c1-2-3(8)5(10)7(12)6(11)4(2)9/h1H3. The van der Waals surface area contributed by atoms with Crippen LogP contribution in [0.25, 0.3) is 0 Å². The fraction of sp³-hybridized carbons (Fsp3) is 0.143. The van der Waals surface area contributed by atoms with Crippen molar-refractivity contribution >= 4 is 0 Å². The molecule has 1 rings (SSSR count). The molecule has 0 atom stereocenters. The third-order valence-corrected chi connectivity index (χ3v) is 1.44. The number of rotatable bonds is 0. The van der Waals surface area contributed by atoms with Crippen LogP contribution in [0.1, 0.15) is 5.56 Å². The molecule has 0 fully saturated rings. The topological polar surface area (TPSA) is 19.9 Å². The molecule has 0 amide bonds. The summed E-state index contributed by atoms with van der Waals surface area (Å²) < 4.78 is 49.6. The molecule has 0 saturated carbocycles. The van der Waals surface area contributed by atoms with E-state index in [0.29, 0.717) is 0 Å². The van der Waals surface area contributed by atoms with E-state index in [1.54, 1.807) is 0 Å². The maximum absolute atomic E-state index is 12.5. The Labute approximate surface area is 65.3 Å². The summed E-state index contributed by atoms with van der Waals surface area (Å²) in [6.07, 6.45) is 0. The minimum atomic E-state index is -1.88. The van der Waals surface area contributed by atoms with Crippen LogP contribution >= 0.6 is 0 Å². The highest BCUT2D eigenvalue weighted by Crippen LogP contribution is 2.28. The molecule has 0 aliphatic rings. The lowest BCUT2D eigenvalue weighted by molar-refractivity contribution is 0.285. The van der Waals surface area contributed by atoms with Crippen molar-refractivity contribution in [3.63, 3.8) is 0 Å². The molecule has 0 saturated heterocycles. The lowest BCUT2D eigenvalue weighted by Gasteiger charge is -2.01. The summed E-state index contributed by atoms with van der Waals surface area (Å²) in [5.74, 6) is -8.92. The van der Waals surface area contributed by atoms with Crippen molar-refractivity contribution in [3.8, 4) is 5.75 Å². The minimum absolute atomic E-state index is 0.829. The van der Waals surface area contributed by atoms with Gasteiger partial charge in [-0.15, -0.1) is 0 Å². The Balaban J connectivity index is 3.60. The zero-order valence-corrected chi connectivity index (χ0v) is 5.92. The first-order valence-electron chi connectivity index (χ1n) is 2.96. The van der Waals surface area contributed by atoms with Crippen LogP contribution in [0.2, 0.25) is 0 Å².